The minimum absolute atomic E-state index is 0.246. The van der Waals surface area contributed by atoms with Crippen molar-refractivity contribution in [2.75, 3.05) is 6.54 Å². The van der Waals surface area contributed by atoms with Gasteiger partial charge >= 0.3 is 12.2 Å². The van der Waals surface area contributed by atoms with Gasteiger partial charge in [-0.25, -0.2) is 19.1 Å². The van der Waals surface area contributed by atoms with Gasteiger partial charge in [-0.05, 0) is 45.2 Å². The highest BCUT2D eigenvalue weighted by molar-refractivity contribution is 5.88. The first-order valence-electron chi connectivity index (χ1n) is 8.92. The Kier molecular flexibility index (Phi) is 6.23. The minimum Gasteiger partial charge on any atom is -0.464 e. The molecule has 7 nitrogen and oxygen atoms in total. The lowest BCUT2D eigenvalue weighted by atomic mass is 10.1. The molecule has 0 aliphatic rings. The summed E-state index contributed by atoms with van der Waals surface area (Å²) in [7, 11) is 0. The lowest BCUT2D eigenvalue weighted by Crippen LogP contribution is -2.34. The molecule has 0 unspecified atom stereocenters. The summed E-state index contributed by atoms with van der Waals surface area (Å²) in [5.41, 5.74) is 1.77. The Balaban J connectivity index is 2.19. The smallest absolute Gasteiger partial charge is 0.417 e. The van der Waals surface area contributed by atoms with Crippen molar-refractivity contribution < 1.29 is 19.4 Å². The molecule has 1 aromatic carbocycles. The molecule has 1 aromatic heterocycles. The van der Waals surface area contributed by atoms with Crippen LogP contribution in [0.3, 0.4) is 0 Å². The third-order valence-electron chi connectivity index (χ3n) is 3.85. The number of hydrogen-bond donors (Lipinski definition) is 2. The van der Waals surface area contributed by atoms with Crippen molar-refractivity contribution in [3.05, 3.63) is 29.6 Å². The summed E-state index contributed by atoms with van der Waals surface area (Å²) in [5, 5.41) is 12.2. The highest BCUT2D eigenvalue weighted by atomic mass is 16.6. The Morgan fingerprint density at radius 3 is 2.62 bits per heavy atom. The quantitative estimate of drug-likeness (QED) is 0.812. The summed E-state index contributed by atoms with van der Waals surface area (Å²) < 4.78 is 6.38. The van der Waals surface area contributed by atoms with E-state index in [1.165, 1.54) is 4.57 Å². The van der Waals surface area contributed by atoms with Gasteiger partial charge in [-0.1, -0.05) is 25.5 Å². The van der Waals surface area contributed by atoms with E-state index < -0.39 is 17.8 Å². The van der Waals surface area contributed by atoms with Crippen molar-refractivity contribution >= 4 is 23.2 Å². The van der Waals surface area contributed by atoms with Crippen LogP contribution in [-0.2, 0) is 17.6 Å². The van der Waals surface area contributed by atoms with E-state index >= 15 is 0 Å². The van der Waals surface area contributed by atoms with Gasteiger partial charge in [0, 0.05) is 13.0 Å². The van der Waals surface area contributed by atoms with E-state index in [-0.39, 0.29) is 6.54 Å². The molecule has 0 aliphatic heterocycles. The number of rotatable bonds is 6. The molecule has 0 saturated heterocycles. The summed E-state index contributed by atoms with van der Waals surface area (Å²) in [6.45, 7) is 7.72. The zero-order chi connectivity index (χ0) is 19.3. The fourth-order valence-electron chi connectivity index (χ4n) is 2.75. The van der Waals surface area contributed by atoms with Gasteiger partial charge in [0.15, 0.2) is 0 Å². The van der Waals surface area contributed by atoms with E-state index in [2.05, 4.69) is 17.2 Å². The fraction of sp³-hybridized carbons (Fsp3) is 0.526. The first-order valence-corrected chi connectivity index (χ1v) is 8.92. The Labute approximate surface area is 153 Å². The zero-order valence-corrected chi connectivity index (χ0v) is 15.8. The number of alkyl carbamates (subject to hydrolysis) is 1. The first-order chi connectivity index (χ1) is 12.2. The van der Waals surface area contributed by atoms with Crippen LogP contribution < -0.4 is 5.32 Å². The second kappa shape index (κ2) is 8.21. The van der Waals surface area contributed by atoms with Gasteiger partial charge in [0.1, 0.15) is 11.4 Å². The third kappa shape index (κ3) is 4.97. The topological polar surface area (TPSA) is 93.5 Å². The lowest BCUT2D eigenvalue weighted by Gasteiger charge is -2.19. The standard InChI is InChI=1S/C19H27N3O4/c1-5-6-8-13-9-7-10-14-16(13)21-15(22(14)18(24)25)11-12-20-17(23)26-19(2,3)4/h7,9-10H,5-6,8,11-12H2,1-4H3,(H,20,23)(H,24,25). The molecule has 26 heavy (non-hydrogen) atoms. The normalized spacial score (nSPS) is 11.5. The van der Waals surface area contributed by atoms with Crippen LogP contribution in [0.2, 0.25) is 0 Å². The molecule has 7 heteroatoms. The number of carbonyl (C=O) groups is 2. The Bertz CT molecular complexity index is 790. The Morgan fingerprint density at radius 1 is 1.27 bits per heavy atom. The Hall–Kier alpha value is -2.57. The molecule has 142 valence electrons. The van der Waals surface area contributed by atoms with Crippen LogP contribution >= 0.6 is 0 Å². The number of carbonyl (C=O) groups excluding carboxylic acids is 1. The van der Waals surface area contributed by atoms with Crippen LogP contribution in [0.25, 0.3) is 11.0 Å². The second-order valence-corrected chi connectivity index (χ2v) is 7.21. The summed E-state index contributed by atoms with van der Waals surface area (Å²) in [4.78, 5) is 28.0. The number of para-hydroxylation sites is 1. The van der Waals surface area contributed by atoms with Crippen molar-refractivity contribution in [2.45, 2.75) is 59.0 Å². The number of fused-ring (bicyclic) bond motifs is 1. The minimum atomic E-state index is -1.08. The van der Waals surface area contributed by atoms with Crippen molar-refractivity contribution in [1.82, 2.24) is 14.9 Å². The van der Waals surface area contributed by atoms with Gasteiger partial charge in [0.05, 0.1) is 11.0 Å². The number of imidazole rings is 1. The maximum absolute atomic E-state index is 11.7. The molecule has 0 bridgehead atoms. The molecule has 0 radical (unpaired) electrons. The zero-order valence-electron chi connectivity index (χ0n) is 15.8. The first kappa shape index (κ1) is 19.8. The molecular formula is C19H27N3O4. The number of nitrogens with zero attached hydrogens (tertiary/aromatic N) is 2. The number of hydrogen-bond acceptors (Lipinski definition) is 4. The number of aromatic nitrogens is 2. The molecule has 0 saturated carbocycles. The van der Waals surface area contributed by atoms with E-state index in [1.54, 1.807) is 26.8 Å². The molecule has 0 atom stereocenters. The van der Waals surface area contributed by atoms with Crippen LogP contribution in [0.1, 0.15) is 51.9 Å². The molecule has 0 fully saturated rings. The van der Waals surface area contributed by atoms with Crippen LogP contribution in [0, 0.1) is 0 Å². The van der Waals surface area contributed by atoms with E-state index in [0.29, 0.717) is 17.8 Å². The maximum atomic E-state index is 11.7. The van der Waals surface area contributed by atoms with Gasteiger partial charge in [0.2, 0.25) is 0 Å². The molecule has 2 N–H and O–H groups in total. The fourth-order valence-corrected chi connectivity index (χ4v) is 2.75. The molecule has 1 amide bonds. The number of ether oxygens (including phenoxy) is 1. The molecular weight excluding hydrogens is 334 g/mol. The van der Waals surface area contributed by atoms with Gasteiger partial charge in [-0.15, -0.1) is 0 Å². The number of nitrogens with one attached hydrogen (secondary N) is 1. The van der Waals surface area contributed by atoms with Crippen molar-refractivity contribution in [1.29, 1.82) is 0 Å². The number of amides is 1. The van der Waals surface area contributed by atoms with Crippen molar-refractivity contribution in [2.24, 2.45) is 0 Å². The number of unbranched alkanes of at least 4 members (excludes halogenated alkanes) is 1. The van der Waals surface area contributed by atoms with E-state index in [0.717, 1.165) is 30.3 Å². The summed E-state index contributed by atoms with van der Waals surface area (Å²) in [6.07, 6.45) is 1.64. The SMILES string of the molecule is CCCCc1cccc2c1nc(CCNC(=O)OC(C)(C)C)n2C(=O)O. The van der Waals surface area contributed by atoms with Crippen LogP contribution in [0.4, 0.5) is 9.59 Å². The molecule has 0 spiro atoms. The molecule has 1 heterocycles. The van der Waals surface area contributed by atoms with E-state index in [4.69, 9.17) is 4.74 Å². The predicted molar refractivity (Wildman–Crippen MR) is 99.7 cm³/mol. The van der Waals surface area contributed by atoms with Gasteiger partial charge in [0.25, 0.3) is 0 Å². The average molecular weight is 361 g/mol. The average Bonchev–Trinajstić information content (AvgIpc) is 2.90. The van der Waals surface area contributed by atoms with Crippen LogP contribution in [-0.4, -0.2) is 39.0 Å². The lowest BCUT2D eigenvalue weighted by molar-refractivity contribution is 0.0528. The van der Waals surface area contributed by atoms with Gasteiger partial charge in [-0.2, -0.15) is 0 Å². The van der Waals surface area contributed by atoms with Crippen LogP contribution in [0.5, 0.6) is 0 Å². The molecule has 2 rings (SSSR count). The molecule has 0 aliphatic carbocycles. The summed E-state index contributed by atoms with van der Waals surface area (Å²) >= 11 is 0. The van der Waals surface area contributed by atoms with Crippen molar-refractivity contribution in [3.8, 4) is 0 Å². The van der Waals surface area contributed by atoms with Crippen LogP contribution in [0.15, 0.2) is 18.2 Å². The molecule has 2 aromatic rings. The van der Waals surface area contributed by atoms with Crippen molar-refractivity contribution in [3.63, 3.8) is 0 Å². The largest absolute Gasteiger partial charge is 0.464 e. The highest BCUT2D eigenvalue weighted by Gasteiger charge is 2.19. The second-order valence-electron chi connectivity index (χ2n) is 7.21. The van der Waals surface area contributed by atoms with Gasteiger partial charge in [-0.3, -0.25) is 0 Å². The monoisotopic (exact) mass is 361 g/mol. The summed E-state index contributed by atoms with van der Waals surface area (Å²) in [6, 6.07) is 5.60. The number of benzene rings is 1. The Morgan fingerprint density at radius 2 is 2.00 bits per heavy atom. The number of carboxylic acid groups (broad SMARTS) is 1. The summed E-state index contributed by atoms with van der Waals surface area (Å²) in [5.74, 6) is 0.410. The van der Waals surface area contributed by atoms with E-state index in [9.17, 15) is 14.7 Å². The number of aryl methyl sites for hydroxylation is 1. The predicted octanol–water partition coefficient (Wildman–Crippen LogP) is 3.97. The van der Waals surface area contributed by atoms with E-state index in [1.807, 2.05) is 12.1 Å². The third-order valence-corrected chi connectivity index (χ3v) is 3.85. The van der Waals surface area contributed by atoms with Gasteiger partial charge < -0.3 is 15.2 Å². The highest BCUT2D eigenvalue weighted by Crippen LogP contribution is 2.22. The maximum Gasteiger partial charge on any atom is 0.417 e.